The van der Waals surface area contributed by atoms with Crippen LogP contribution in [-0.2, 0) is 47.9 Å². The molecule has 1 heterocycles. The molecule has 23 heteroatoms. The third-order valence-electron chi connectivity index (χ3n) is 12.1. The second-order valence-corrected chi connectivity index (χ2v) is 20.0. The van der Waals surface area contributed by atoms with Gasteiger partial charge >= 0.3 is 0 Å². The largest absolute Gasteiger partial charge is 0.394 e. The maximum atomic E-state index is 13.9. The van der Waals surface area contributed by atoms with Crippen molar-refractivity contribution in [3.63, 3.8) is 0 Å². The van der Waals surface area contributed by atoms with Crippen LogP contribution in [0.4, 0.5) is 0 Å². The van der Waals surface area contributed by atoms with E-state index in [0.29, 0.717) is 12.8 Å². The van der Waals surface area contributed by atoms with Crippen molar-refractivity contribution in [2.75, 3.05) is 26.8 Å². The maximum Gasteiger partial charge on any atom is 0.248 e. The second kappa shape index (κ2) is 30.3. The standard InChI is InChI=1S/C47H85N11O12/c1-14-27(10)37(49-13)46(69)56-34(22-60)47(70)58-17-15-16-35(58)45(68)51-29(12)39(62)52-31(19-24(4)5)42(65)53-30(18-23(2)3)41(64)50-28(11)40(63)55-33(21-59)44(67)54-32(20-25(6)7)43(66)57-36(26(8)9)38(48)61/h23-37,49,59-60H,14-22H2,1-13H3,(H2,48,61)(H,50,64)(H,51,68)(H,52,62)(H,53,65)(H,54,67)(H,55,63)(H,56,69)(H,57,66)/t27-,28-,29-,30-,31-,32-,33-,34-,35-,36-,37-/m0/s1. The van der Waals surface area contributed by atoms with E-state index in [1.807, 2.05) is 41.5 Å². The number of nitrogens with two attached hydrogens (primary N) is 1. The highest BCUT2D eigenvalue weighted by atomic mass is 16.3. The molecule has 10 amide bonds. The fourth-order valence-corrected chi connectivity index (χ4v) is 7.88. The van der Waals surface area contributed by atoms with Crippen LogP contribution in [0.1, 0.15) is 122 Å². The highest BCUT2D eigenvalue weighted by Gasteiger charge is 2.40. The number of aliphatic hydroxyl groups excluding tert-OH is 2. The van der Waals surface area contributed by atoms with Crippen LogP contribution in [0.15, 0.2) is 0 Å². The minimum Gasteiger partial charge on any atom is -0.394 e. The SMILES string of the molecule is CC[C@H](C)[C@H](NC)C(=O)N[C@@H](CO)C(=O)N1CCC[C@H]1C(=O)N[C@@H](C)C(=O)N[C@@H](CC(C)C)C(=O)N[C@@H](CC(C)C)C(=O)N[C@@H](C)C(=O)N[C@@H](CO)C(=O)N[C@@H](CC(C)C)C(=O)N[C@H](C(N)=O)C(C)C. The van der Waals surface area contributed by atoms with E-state index in [1.54, 1.807) is 34.7 Å². The van der Waals surface area contributed by atoms with Crippen molar-refractivity contribution in [3.8, 4) is 0 Å². The van der Waals surface area contributed by atoms with Gasteiger partial charge in [0.05, 0.1) is 19.3 Å². The summed E-state index contributed by atoms with van der Waals surface area (Å²) in [4.78, 5) is 134. The van der Waals surface area contributed by atoms with Crippen molar-refractivity contribution >= 4 is 59.1 Å². The molecule has 0 saturated carbocycles. The average Bonchev–Trinajstić information content (AvgIpc) is 3.77. The van der Waals surface area contributed by atoms with Crippen molar-refractivity contribution in [2.24, 2.45) is 35.3 Å². The van der Waals surface area contributed by atoms with E-state index in [1.165, 1.54) is 18.7 Å². The molecule has 1 aliphatic heterocycles. The predicted octanol–water partition coefficient (Wildman–Crippen LogP) is -2.21. The molecule has 0 radical (unpaired) electrons. The Balaban J connectivity index is 3.09. The zero-order chi connectivity index (χ0) is 53.7. The Hall–Kier alpha value is -5.42. The molecule has 0 unspecified atom stereocenters. The number of hydrogen-bond acceptors (Lipinski definition) is 13. The molecule has 0 spiro atoms. The molecular formula is C47H85N11O12. The predicted molar refractivity (Wildman–Crippen MR) is 260 cm³/mol. The first-order valence-electron chi connectivity index (χ1n) is 24.6. The van der Waals surface area contributed by atoms with Gasteiger partial charge in [-0.3, -0.25) is 47.9 Å². The van der Waals surface area contributed by atoms with Crippen molar-refractivity contribution < 1.29 is 58.2 Å². The number of amides is 10. The van der Waals surface area contributed by atoms with Crippen molar-refractivity contribution in [3.05, 3.63) is 0 Å². The smallest absolute Gasteiger partial charge is 0.248 e. The molecule has 1 aliphatic rings. The van der Waals surface area contributed by atoms with E-state index in [4.69, 9.17) is 5.73 Å². The summed E-state index contributed by atoms with van der Waals surface area (Å²) in [5.41, 5.74) is 5.45. The lowest BCUT2D eigenvalue weighted by Crippen LogP contribution is -2.60. The van der Waals surface area contributed by atoms with Gasteiger partial charge in [0, 0.05) is 6.54 Å². The van der Waals surface area contributed by atoms with Crippen LogP contribution in [0.5, 0.6) is 0 Å². The lowest BCUT2D eigenvalue weighted by Gasteiger charge is -2.30. The molecule has 11 atom stereocenters. The maximum absolute atomic E-state index is 13.9. The van der Waals surface area contributed by atoms with E-state index in [9.17, 15) is 58.2 Å². The zero-order valence-electron chi connectivity index (χ0n) is 43.5. The summed E-state index contributed by atoms with van der Waals surface area (Å²) in [6.07, 6.45) is 1.79. The molecular weight excluding hydrogens is 911 g/mol. The molecule has 1 fully saturated rings. The van der Waals surface area contributed by atoms with Crippen LogP contribution in [0.2, 0.25) is 0 Å². The van der Waals surface area contributed by atoms with Crippen LogP contribution in [0, 0.1) is 29.6 Å². The van der Waals surface area contributed by atoms with Crippen LogP contribution < -0.4 is 53.6 Å². The van der Waals surface area contributed by atoms with Crippen molar-refractivity contribution in [1.29, 1.82) is 0 Å². The normalized spacial score (nSPS) is 18.0. The first-order chi connectivity index (χ1) is 32.6. The molecule has 70 heavy (non-hydrogen) atoms. The average molecular weight is 996 g/mol. The minimum atomic E-state index is -1.55. The fraction of sp³-hybridized carbons (Fsp3) is 0.787. The number of likely N-dealkylation sites (tertiary alicyclic amines) is 1. The van der Waals surface area contributed by atoms with E-state index in [0.717, 1.165) is 0 Å². The number of aliphatic hydroxyl groups is 2. The summed E-state index contributed by atoms with van der Waals surface area (Å²) in [7, 11) is 1.62. The molecule has 400 valence electrons. The van der Waals surface area contributed by atoms with Crippen LogP contribution >= 0.6 is 0 Å². The van der Waals surface area contributed by atoms with Gasteiger partial charge in [0.1, 0.15) is 54.4 Å². The summed E-state index contributed by atoms with van der Waals surface area (Å²) in [5.74, 6) is -7.98. The third kappa shape index (κ3) is 20.1. The Morgan fingerprint density at radius 2 is 0.929 bits per heavy atom. The fourth-order valence-electron chi connectivity index (χ4n) is 7.88. The van der Waals surface area contributed by atoms with Gasteiger partial charge in [0.15, 0.2) is 0 Å². The van der Waals surface area contributed by atoms with Gasteiger partial charge in [-0.05, 0) is 82.6 Å². The number of likely N-dealkylation sites (N-methyl/N-ethyl adjacent to an activating group) is 1. The number of rotatable bonds is 30. The summed E-state index contributed by atoms with van der Waals surface area (Å²) in [6.45, 7) is 19.4. The van der Waals surface area contributed by atoms with Crippen LogP contribution in [0.25, 0.3) is 0 Å². The lowest BCUT2D eigenvalue weighted by atomic mass is 9.98. The molecule has 1 saturated heterocycles. The molecule has 1 rings (SSSR count). The van der Waals surface area contributed by atoms with Gasteiger partial charge in [-0.25, -0.2) is 0 Å². The van der Waals surface area contributed by atoms with E-state index in [2.05, 4.69) is 47.9 Å². The molecule has 0 bridgehead atoms. The Bertz CT molecular complexity index is 1800. The zero-order valence-corrected chi connectivity index (χ0v) is 43.5. The van der Waals surface area contributed by atoms with Crippen molar-refractivity contribution in [2.45, 2.75) is 182 Å². The first kappa shape index (κ1) is 62.6. The lowest BCUT2D eigenvalue weighted by molar-refractivity contribution is -0.143. The Labute approximate surface area is 413 Å². The van der Waals surface area contributed by atoms with Gasteiger partial charge in [-0.1, -0.05) is 75.7 Å². The molecule has 23 nitrogen and oxygen atoms in total. The quantitative estimate of drug-likeness (QED) is 0.0364. The van der Waals surface area contributed by atoms with Crippen molar-refractivity contribution in [1.82, 2.24) is 52.8 Å². The molecule has 0 aromatic rings. The number of hydrogen-bond donors (Lipinski definition) is 12. The third-order valence-corrected chi connectivity index (χ3v) is 12.1. The van der Waals surface area contributed by atoms with Gasteiger partial charge in [0.2, 0.25) is 59.1 Å². The number of nitrogens with one attached hydrogen (secondary N) is 9. The summed E-state index contributed by atoms with van der Waals surface area (Å²) >= 11 is 0. The number of carbonyl (C=O) groups is 10. The minimum absolute atomic E-state index is 0.0638. The van der Waals surface area contributed by atoms with Gasteiger partial charge in [0.25, 0.3) is 0 Å². The molecule has 0 aromatic carbocycles. The van der Waals surface area contributed by atoms with Crippen LogP contribution in [-0.4, -0.2) is 161 Å². The van der Waals surface area contributed by atoms with Crippen LogP contribution in [0.3, 0.4) is 0 Å². The second-order valence-electron chi connectivity index (χ2n) is 20.0. The van der Waals surface area contributed by atoms with E-state index < -0.39 is 133 Å². The summed E-state index contributed by atoms with van der Waals surface area (Å²) in [5, 5.41) is 43.6. The number of carbonyl (C=O) groups excluding carboxylic acids is 10. The number of primary amides is 1. The van der Waals surface area contributed by atoms with E-state index in [-0.39, 0.29) is 61.8 Å². The highest BCUT2D eigenvalue weighted by Crippen LogP contribution is 2.20. The summed E-state index contributed by atoms with van der Waals surface area (Å²) in [6, 6.07) is -11.5. The summed E-state index contributed by atoms with van der Waals surface area (Å²) < 4.78 is 0. The van der Waals surface area contributed by atoms with Gasteiger partial charge in [-0.2, -0.15) is 0 Å². The molecule has 13 N–H and O–H groups in total. The molecule has 0 aliphatic carbocycles. The highest BCUT2D eigenvalue weighted by molar-refractivity contribution is 5.98. The molecule has 0 aromatic heterocycles. The Kier molecular flexibility index (Phi) is 27.1. The van der Waals surface area contributed by atoms with Gasteiger partial charge in [-0.15, -0.1) is 0 Å². The van der Waals surface area contributed by atoms with E-state index >= 15 is 0 Å². The Morgan fingerprint density at radius 3 is 1.34 bits per heavy atom. The van der Waals surface area contributed by atoms with Gasteiger partial charge < -0.3 is 68.7 Å². The monoisotopic (exact) mass is 996 g/mol. The number of nitrogens with zero attached hydrogens (tertiary/aromatic N) is 1. The topological polar surface area (TPSA) is 349 Å². The Morgan fingerprint density at radius 1 is 0.529 bits per heavy atom. The first-order valence-corrected chi connectivity index (χ1v) is 24.6.